The Hall–Kier alpha value is -1.91. The highest BCUT2D eigenvalue weighted by atomic mass is 35.7. The summed E-state index contributed by atoms with van der Waals surface area (Å²) in [6.45, 7) is 0.302. The Kier molecular flexibility index (Phi) is 3.32. The van der Waals surface area contributed by atoms with Gasteiger partial charge >= 0.3 is 0 Å². The fourth-order valence-corrected chi connectivity index (χ4v) is 2.09. The summed E-state index contributed by atoms with van der Waals surface area (Å²) in [6, 6.07) is 5.40. The van der Waals surface area contributed by atoms with Gasteiger partial charge in [0.05, 0.1) is 12.9 Å². The summed E-state index contributed by atoms with van der Waals surface area (Å²) in [5.74, 6) is 0. The Balaban J connectivity index is 2.31. The molecule has 18 heavy (non-hydrogen) atoms. The number of aromatic nitrogens is 3. The van der Waals surface area contributed by atoms with E-state index in [0.29, 0.717) is 17.8 Å². The second-order valence-corrected chi connectivity index (χ2v) is 5.96. The summed E-state index contributed by atoms with van der Waals surface area (Å²) in [7, 11) is 1.33. The lowest BCUT2D eigenvalue weighted by Crippen LogP contribution is -2.00. The van der Waals surface area contributed by atoms with Crippen molar-refractivity contribution < 1.29 is 8.42 Å². The van der Waals surface area contributed by atoms with Gasteiger partial charge in [0.25, 0.3) is 9.05 Å². The van der Waals surface area contributed by atoms with E-state index in [1.165, 1.54) is 23.3 Å². The van der Waals surface area contributed by atoms with E-state index in [4.69, 9.17) is 15.9 Å². The lowest BCUT2D eigenvalue weighted by molar-refractivity contribution is 0.606. The van der Waals surface area contributed by atoms with Crippen LogP contribution in [-0.2, 0) is 15.6 Å². The lowest BCUT2D eigenvalue weighted by Gasteiger charge is -2.02. The molecule has 0 aliphatic rings. The quantitative estimate of drug-likeness (QED) is 0.787. The number of pyridine rings is 1. The molecule has 0 atom stereocenters. The van der Waals surface area contributed by atoms with Crippen LogP contribution in [-0.4, -0.2) is 23.0 Å². The molecule has 92 valence electrons. The molecule has 2 aromatic heterocycles. The standard InChI is InChI=1S/C10H7ClN4O2S/c11-18(16,17)10-6-15(7-14-10)5-8-2-1-3-13-9(8)4-12/h1-3,6-7H,5H2. The smallest absolute Gasteiger partial charge is 0.280 e. The van der Waals surface area contributed by atoms with Crippen LogP contribution in [0.2, 0.25) is 0 Å². The van der Waals surface area contributed by atoms with Crippen LogP contribution in [0.5, 0.6) is 0 Å². The first-order valence-corrected chi connectivity index (χ1v) is 7.12. The van der Waals surface area contributed by atoms with Crippen molar-refractivity contribution >= 4 is 19.7 Å². The molecule has 8 heteroatoms. The molecule has 0 bridgehead atoms. The SMILES string of the molecule is N#Cc1ncccc1Cn1cnc(S(=O)(=O)Cl)c1. The minimum Gasteiger partial charge on any atom is -0.332 e. The van der Waals surface area contributed by atoms with E-state index >= 15 is 0 Å². The van der Waals surface area contributed by atoms with Gasteiger partial charge in [-0.2, -0.15) is 5.26 Å². The van der Waals surface area contributed by atoms with E-state index in [-0.39, 0.29) is 5.03 Å². The van der Waals surface area contributed by atoms with Gasteiger partial charge in [-0.15, -0.1) is 0 Å². The summed E-state index contributed by atoms with van der Waals surface area (Å²) in [6.07, 6.45) is 4.16. The van der Waals surface area contributed by atoms with Crippen molar-refractivity contribution in [2.45, 2.75) is 11.6 Å². The molecule has 0 aliphatic heterocycles. The third-order valence-electron chi connectivity index (χ3n) is 2.21. The van der Waals surface area contributed by atoms with Crippen LogP contribution >= 0.6 is 10.7 Å². The third-order valence-corrected chi connectivity index (χ3v) is 3.39. The molecule has 0 N–H and O–H groups in total. The molecule has 0 saturated carbocycles. The Labute approximate surface area is 108 Å². The van der Waals surface area contributed by atoms with Gasteiger partial charge in [-0.25, -0.2) is 18.4 Å². The first-order chi connectivity index (χ1) is 8.50. The van der Waals surface area contributed by atoms with Crippen LogP contribution in [0.25, 0.3) is 0 Å². The summed E-state index contributed by atoms with van der Waals surface area (Å²) in [4.78, 5) is 7.59. The van der Waals surface area contributed by atoms with Crippen molar-refractivity contribution in [2.24, 2.45) is 0 Å². The van der Waals surface area contributed by atoms with Gasteiger partial charge < -0.3 is 4.57 Å². The zero-order valence-electron chi connectivity index (χ0n) is 8.99. The average Bonchev–Trinajstić information content (AvgIpc) is 2.78. The van der Waals surface area contributed by atoms with Crippen LogP contribution in [0.1, 0.15) is 11.3 Å². The fraction of sp³-hybridized carbons (Fsp3) is 0.100. The number of halogens is 1. The van der Waals surface area contributed by atoms with Crippen molar-refractivity contribution in [1.29, 1.82) is 5.26 Å². The van der Waals surface area contributed by atoms with Gasteiger partial charge in [0.1, 0.15) is 11.8 Å². The molecule has 0 amide bonds. The van der Waals surface area contributed by atoms with Crippen molar-refractivity contribution in [3.8, 4) is 6.07 Å². The normalized spacial score (nSPS) is 11.1. The third kappa shape index (κ3) is 2.67. The molecule has 0 saturated heterocycles. The molecule has 0 unspecified atom stereocenters. The Morgan fingerprint density at radius 2 is 2.22 bits per heavy atom. The average molecular weight is 283 g/mol. The van der Waals surface area contributed by atoms with Crippen molar-refractivity contribution in [1.82, 2.24) is 14.5 Å². The Morgan fingerprint density at radius 3 is 2.83 bits per heavy atom. The highest BCUT2D eigenvalue weighted by Crippen LogP contribution is 2.13. The van der Waals surface area contributed by atoms with E-state index < -0.39 is 9.05 Å². The largest absolute Gasteiger partial charge is 0.332 e. The summed E-state index contributed by atoms with van der Waals surface area (Å²) in [5, 5.41) is 8.66. The van der Waals surface area contributed by atoms with E-state index in [9.17, 15) is 8.42 Å². The minimum atomic E-state index is -3.83. The summed E-state index contributed by atoms with van der Waals surface area (Å²) in [5.41, 5.74) is 0.970. The van der Waals surface area contributed by atoms with E-state index in [2.05, 4.69) is 9.97 Å². The van der Waals surface area contributed by atoms with Crippen molar-refractivity contribution in [2.75, 3.05) is 0 Å². The zero-order chi connectivity index (χ0) is 13.2. The first kappa shape index (κ1) is 12.5. The van der Waals surface area contributed by atoms with Crippen LogP contribution in [0.3, 0.4) is 0 Å². The van der Waals surface area contributed by atoms with Gasteiger partial charge in [0, 0.05) is 28.6 Å². The number of rotatable bonds is 3. The van der Waals surface area contributed by atoms with Crippen LogP contribution in [0.15, 0.2) is 35.9 Å². The molecule has 6 nitrogen and oxygen atoms in total. The molecule has 2 rings (SSSR count). The van der Waals surface area contributed by atoms with E-state index in [1.807, 2.05) is 6.07 Å². The first-order valence-electron chi connectivity index (χ1n) is 4.81. The number of hydrogen-bond acceptors (Lipinski definition) is 5. The predicted octanol–water partition coefficient (Wildman–Crippen LogP) is 1.13. The maximum absolute atomic E-state index is 11.0. The monoisotopic (exact) mass is 282 g/mol. The molecule has 0 fully saturated rings. The van der Waals surface area contributed by atoms with Gasteiger partial charge in [-0.3, -0.25) is 0 Å². The lowest BCUT2D eigenvalue weighted by atomic mass is 10.2. The summed E-state index contributed by atoms with van der Waals surface area (Å²) < 4.78 is 23.6. The van der Waals surface area contributed by atoms with E-state index in [1.54, 1.807) is 12.1 Å². The second-order valence-electron chi connectivity index (χ2n) is 3.45. The maximum atomic E-state index is 11.0. The molecular weight excluding hydrogens is 276 g/mol. The molecular formula is C10H7ClN4O2S. The molecule has 0 aliphatic carbocycles. The maximum Gasteiger partial charge on any atom is 0.280 e. The Bertz CT molecular complexity index is 717. The number of hydrogen-bond donors (Lipinski definition) is 0. The summed E-state index contributed by atoms with van der Waals surface area (Å²) >= 11 is 0. The number of nitrogens with zero attached hydrogens (tertiary/aromatic N) is 4. The highest BCUT2D eigenvalue weighted by Gasteiger charge is 2.14. The van der Waals surface area contributed by atoms with Crippen molar-refractivity contribution in [3.05, 3.63) is 42.1 Å². The molecule has 0 radical (unpaired) electrons. The van der Waals surface area contributed by atoms with E-state index in [0.717, 1.165) is 0 Å². The fourth-order valence-electron chi connectivity index (χ4n) is 1.42. The van der Waals surface area contributed by atoms with Gasteiger partial charge in [0.2, 0.25) is 0 Å². The molecule has 2 heterocycles. The zero-order valence-corrected chi connectivity index (χ0v) is 10.6. The number of imidazole rings is 1. The van der Waals surface area contributed by atoms with Gasteiger partial charge in [-0.05, 0) is 6.07 Å². The van der Waals surface area contributed by atoms with Crippen LogP contribution < -0.4 is 0 Å². The van der Waals surface area contributed by atoms with Gasteiger partial charge in [0.15, 0.2) is 5.03 Å². The number of nitriles is 1. The predicted molar refractivity (Wildman–Crippen MR) is 63.3 cm³/mol. The van der Waals surface area contributed by atoms with Crippen molar-refractivity contribution in [3.63, 3.8) is 0 Å². The molecule has 0 spiro atoms. The van der Waals surface area contributed by atoms with Crippen LogP contribution in [0, 0.1) is 11.3 Å². The van der Waals surface area contributed by atoms with Crippen LogP contribution in [0.4, 0.5) is 0 Å². The second kappa shape index (κ2) is 4.76. The minimum absolute atomic E-state index is 0.216. The topological polar surface area (TPSA) is 88.6 Å². The molecule has 0 aromatic carbocycles. The highest BCUT2D eigenvalue weighted by molar-refractivity contribution is 8.13. The Morgan fingerprint density at radius 1 is 1.44 bits per heavy atom. The molecule has 2 aromatic rings. The van der Waals surface area contributed by atoms with Gasteiger partial charge in [-0.1, -0.05) is 6.07 Å².